The highest BCUT2D eigenvalue weighted by Gasteiger charge is 2.31. The fourth-order valence-electron chi connectivity index (χ4n) is 4.75. The quantitative estimate of drug-likeness (QED) is 0.259. The van der Waals surface area contributed by atoms with Crippen LogP contribution in [0.4, 0.5) is 5.95 Å². The summed E-state index contributed by atoms with van der Waals surface area (Å²) in [4.78, 5) is 9.05. The first kappa shape index (κ1) is 29.4. The number of benzene rings is 1. The predicted octanol–water partition coefficient (Wildman–Crippen LogP) is -0.110. The van der Waals surface area contributed by atoms with Crippen molar-refractivity contribution >= 4 is 51.1 Å². The van der Waals surface area contributed by atoms with Crippen molar-refractivity contribution in [1.29, 1.82) is 0 Å². The molecule has 41 heavy (non-hydrogen) atoms. The molecule has 1 fully saturated rings. The second kappa shape index (κ2) is 11.6. The number of aromatic nitrogens is 6. The maximum atomic E-state index is 12.9. The molecule has 16 heteroatoms. The minimum absolute atomic E-state index is 0.0240. The number of aryl methyl sites for hydroxylation is 2. The van der Waals surface area contributed by atoms with Crippen molar-refractivity contribution in [2.45, 2.75) is 42.6 Å². The van der Waals surface area contributed by atoms with Crippen molar-refractivity contribution in [3.63, 3.8) is 0 Å². The third-order valence-corrected chi connectivity index (χ3v) is 9.08. The molecule has 4 aromatic rings. The Labute approximate surface area is 248 Å². The van der Waals surface area contributed by atoms with E-state index in [-0.39, 0.29) is 16.3 Å². The first-order valence-electron chi connectivity index (χ1n) is 13.6. The second-order valence-corrected chi connectivity index (χ2v) is 13.7. The van der Waals surface area contributed by atoms with Gasteiger partial charge in [-0.05, 0) is 43.0 Å². The first-order valence-corrected chi connectivity index (χ1v) is 15.4. The summed E-state index contributed by atoms with van der Waals surface area (Å²) in [5.74, 6) is 0.440. The van der Waals surface area contributed by atoms with Crippen LogP contribution in [0.1, 0.15) is 24.0 Å². The molecule has 0 bridgehead atoms. The van der Waals surface area contributed by atoms with Crippen LogP contribution >= 0.6 is 11.6 Å². The van der Waals surface area contributed by atoms with Gasteiger partial charge in [0, 0.05) is 50.7 Å². The lowest BCUT2D eigenvalue weighted by atomic mass is 9.49. The molecular weight excluding hydrogens is 558 g/mol. The Balaban J connectivity index is 1.25. The summed E-state index contributed by atoms with van der Waals surface area (Å²) in [6, 6.07) is 7.89. The molecule has 0 atom stereocenters. The van der Waals surface area contributed by atoms with Gasteiger partial charge in [-0.3, -0.25) is 4.68 Å². The Hall–Kier alpha value is -3.13. The molecule has 1 saturated heterocycles. The van der Waals surface area contributed by atoms with Crippen molar-refractivity contribution in [3.8, 4) is 16.9 Å². The fourth-order valence-corrected chi connectivity index (χ4v) is 6.38. The van der Waals surface area contributed by atoms with Crippen LogP contribution in [0.2, 0.25) is 5.02 Å². The smallest absolute Gasteiger partial charge is 0.262 e. The van der Waals surface area contributed by atoms with Crippen LogP contribution in [0.15, 0.2) is 54.1 Å². The molecule has 0 radical (unpaired) electrons. The molecule has 0 spiro atoms. The first-order chi connectivity index (χ1) is 19.4. The van der Waals surface area contributed by atoms with Gasteiger partial charge in [0.25, 0.3) is 10.0 Å². The van der Waals surface area contributed by atoms with Gasteiger partial charge in [0.2, 0.25) is 5.95 Å². The van der Waals surface area contributed by atoms with Gasteiger partial charge in [0.15, 0.2) is 5.03 Å². The van der Waals surface area contributed by atoms with E-state index in [9.17, 15) is 8.42 Å². The van der Waals surface area contributed by atoms with E-state index < -0.39 is 10.0 Å². The summed E-state index contributed by atoms with van der Waals surface area (Å²) in [6.45, 7) is 3.63. The van der Waals surface area contributed by atoms with Gasteiger partial charge in [-0.25, -0.2) is 23.1 Å². The number of hydrogen-bond acceptors (Lipinski definition) is 8. The van der Waals surface area contributed by atoms with Crippen LogP contribution in [0.3, 0.4) is 0 Å². The summed E-state index contributed by atoms with van der Waals surface area (Å²) >= 11 is 6.50. The van der Waals surface area contributed by atoms with Crippen molar-refractivity contribution in [1.82, 2.24) is 39.2 Å². The van der Waals surface area contributed by atoms with Crippen LogP contribution in [0, 0.1) is 6.92 Å². The lowest BCUT2D eigenvalue weighted by molar-refractivity contribution is 0.328. The molecule has 4 heterocycles. The van der Waals surface area contributed by atoms with E-state index in [1.54, 1.807) is 25.6 Å². The molecule has 212 valence electrons. The van der Waals surface area contributed by atoms with Crippen molar-refractivity contribution in [2.24, 2.45) is 7.05 Å². The SMILES string of the molecule is BC(B)(B)NCc1ccc(-n2cc(-c3nc(NC4CCN(S(=O)(=O)c5ccn(C)n5)CC4)ncc3Cl)cn2)c(C)c1. The maximum Gasteiger partial charge on any atom is 0.262 e. The van der Waals surface area contributed by atoms with Gasteiger partial charge < -0.3 is 10.6 Å². The summed E-state index contributed by atoms with van der Waals surface area (Å²) in [7, 11) is 4.55. The topological polar surface area (TPSA) is 123 Å². The molecule has 0 unspecified atom stereocenters. The lowest BCUT2D eigenvalue weighted by Gasteiger charge is -2.31. The maximum absolute atomic E-state index is 12.9. The number of rotatable bonds is 9. The van der Waals surface area contributed by atoms with Crippen molar-refractivity contribution in [3.05, 3.63) is 65.2 Å². The molecule has 1 aliphatic heterocycles. The van der Waals surface area contributed by atoms with Crippen LogP contribution < -0.4 is 10.6 Å². The van der Waals surface area contributed by atoms with E-state index >= 15 is 0 Å². The monoisotopic (exact) mass is 591 g/mol. The molecule has 1 aliphatic rings. The van der Waals surface area contributed by atoms with Gasteiger partial charge in [-0.1, -0.05) is 29.0 Å². The highest BCUT2D eigenvalue weighted by Crippen LogP contribution is 2.28. The van der Waals surface area contributed by atoms with E-state index in [1.807, 2.05) is 10.9 Å². The van der Waals surface area contributed by atoms with Gasteiger partial charge in [-0.2, -0.15) is 14.5 Å². The number of anilines is 1. The summed E-state index contributed by atoms with van der Waals surface area (Å²) in [5, 5.41) is 16.1. The Morgan fingerprint density at radius 2 is 1.90 bits per heavy atom. The average molecular weight is 592 g/mol. The van der Waals surface area contributed by atoms with Crippen LogP contribution in [0.5, 0.6) is 0 Å². The van der Waals surface area contributed by atoms with E-state index in [4.69, 9.17) is 11.6 Å². The Kier molecular flexibility index (Phi) is 8.33. The molecule has 0 saturated carbocycles. The summed E-state index contributed by atoms with van der Waals surface area (Å²) in [5.41, 5.74) is 4.65. The Morgan fingerprint density at radius 1 is 1.15 bits per heavy atom. The standard InChI is InChI=1S/C25H33B3ClN9O2S/c1-16-11-17(12-31-25(26,27)28)3-4-21(16)38-15-18(13-32-38)23-20(29)14-30-24(34-23)33-19-5-9-37(10-6-19)41(39,40)22-7-8-36(2)35-22/h3-4,7-8,11,13-15,19,31H,5-6,9-10,12,26-28H2,1-2H3,(H,30,33,34). The third-order valence-electron chi connectivity index (χ3n) is 7.01. The molecule has 0 amide bonds. The fraction of sp³-hybridized carbons (Fsp3) is 0.360. The Morgan fingerprint density at radius 3 is 2.56 bits per heavy atom. The third kappa shape index (κ3) is 6.86. The highest BCUT2D eigenvalue weighted by atomic mass is 35.5. The normalized spacial score (nSPS) is 15.3. The predicted molar refractivity (Wildman–Crippen MR) is 168 cm³/mol. The van der Waals surface area contributed by atoms with E-state index in [1.165, 1.54) is 20.6 Å². The molecule has 5 rings (SSSR count). The minimum atomic E-state index is -3.61. The van der Waals surface area contributed by atoms with Crippen molar-refractivity contribution in [2.75, 3.05) is 18.4 Å². The summed E-state index contributed by atoms with van der Waals surface area (Å²) < 4.78 is 30.6. The van der Waals surface area contributed by atoms with Crippen molar-refractivity contribution < 1.29 is 8.42 Å². The van der Waals surface area contributed by atoms with E-state index in [0.717, 1.165) is 23.4 Å². The van der Waals surface area contributed by atoms with Gasteiger partial charge in [-0.15, -0.1) is 0 Å². The van der Waals surface area contributed by atoms with Gasteiger partial charge in [0.1, 0.15) is 23.5 Å². The number of piperidine rings is 1. The van der Waals surface area contributed by atoms with Crippen LogP contribution in [-0.4, -0.2) is 90.2 Å². The lowest BCUT2D eigenvalue weighted by Crippen LogP contribution is -2.46. The van der Waals surface area contributed by atoms with Crippen LogP contribution in [0.25, 0.3) is 16.9 Å². The molecule has 0 aliphatic carbocycles. The number of nitrogens with one attached hydrogen (secondary N) is 2. The number of sulfonamides is 1. The zero-order valence-corrected chi connectivity index (χ0v) is 25.5. The number of nitrogens with zero attached hydrogens (tertiary/aromatic N) is 7. The van der Waals surface area contributed by atoms with E-state index in [2.05, 4.69) is 79.5 Å². The second-order valence-electron chi connectivity index (χ2n) is 11.4. The Bertz CT molecular complexity index is 1650. The molecule has 2 N–H and O–H groups in total. The average Bonchev–Trinajstić information content (AvgIpc) is 3.58. The van der Waals surface area contributed by atoms with Gasteiger partial charge in [0.05, 0.1) is 28.8 Å². The molecule has 1 aromatic carbocycles. The van der Waals surface area contributed by atoms with E-state index in [0.29, 0.717) is 42.6 Å². The number of hydrogen-bond donors (Lipinski definition) is 2. The zero-order valence-electron chi connectivity index (χ0n) is 24.0. The molecule has 3 aromatic heterocycles. The largest absolute Gasteiger partial charge is 0.351 e. The molecule has 11 nitrogen and oxygen atoms in total. The zero-order chi connectivity index (χ0) is 29.4. The number of halogens is 1. The summed E-state index contributed by atoms with van der Waals surface area (Å²) in [6.07, 6.45) is 8.09. The minimum Gasteiger partial charge on any atom is -0.351 e. The van der Waals surface area contributed by atoms with Gasteiger partial charge >= 0.3 is 0 Å². The van der Waals surface area contributed by atoms with Crippen LogP contribution in [-0.2, 0) is 23.6 Å². The molecular formula is C25H33B3ClN9O2S. The highest BCUT2D eigenvalue weighted by molar-refractivity contribution is 7.89.